The fourth-order valence-electron chi connectivity index (χ4n) is 10.4. The van der Waals surface area contributed by atoms with Crippen LogP contribution in [-0.4, -0.2) is 0 Å². The average Bonchev–Trinajstić information content (AvgIpc) is 4.06. The summed E-state index contributed by atoms with van der Waals surface area (Å²) in [4.78, 5) is 2.19. The molecule has 2 aromatic heterocycles. The summed E-state index contributed by atoms with van der Waals surface area (Å²) in [5.41, 5.74) is 14.1. The van der Waals surface area contributed by atoms with Gasteiger partial charge in [0.15, 0.2) is 0 Å². The van der Waals surface area contributed by atoms with Crippen molar-refractivity contribution >= 4 is 92.1 Å². The number of rotatable bonds is 8. The highest BCUT2D eigenvalue weighted by atomic mass is 32.1. The van der Waals surface area contributed by atoms with Crippen LogP contribution in [0.15, 0.2) is 265 Å². The maximum atomic E-state index is 8.67. The summed E-state index contributed by atoms with van der Waals surface area (Å²) in [5.74, 6) is 0. The first kappa shape index (κ1) is 36.0. The van der Waals surface area contributed by atoms with Gasteiger partial charge in [0.2, 0.25) is 0 Å². The van der Waals surface area contributed by atoms with Gasteiger partial charge in [0.05, 0.1) is 6.85 Å². The van der Waals surface area contributed by atoms with Crippen LogP contribution in [0.2, 0.25) is 0 Å². The average molecular weight is 927 g/mol. The molecule has 0 aliphatic heterocycles. The Labute approximate surface area is 422 Å². The van der Waals surface area contributed by atoms with E-state index < -0.39 is 6.04 Å². The van der Waals surface area contributed by atoms with E-state index >= 15 is 0 Å². The molecule has 12 aromatic carbocycles. The number of hydrogen-bond donors (Lipinski definition) is 0. The van der Waals surface area contributed by atoms with Crippen molar-refractivity contribution in [3.63, 3.8) is 0 Å². The molecule has 0 aliphatic rings. The van der Waals surface area contributed by atoms with E-state index in [0.717, 1.165) is 77.9 Å². The largest absolute Gasteiger partial charge is 0.456 e. The fourth-order valence-corrected chi connectivity index (χ4v) is 11.8. The first-order valence-corrected chi connectivity index (χ1v) is 24.6. The standard InChI is InChI=1S/C68H43NOS/c1-2-12-44(13-3-1)45-24-32-54(33-25-45)69(55-34-26-46(27-35-55)49-15-10-17-51(40-49)52-31-39-66-63(42-52)59-21-8-9-23-65(59)70-66)56-36-28-47(29-37-56)50-16-11-18-53(41-50)62-43-64-61-38-30-48-14-4-5-19-57(48)67(61)71-68(64)60-22-7-6-20-58(60)62/h1-43H/i1D,2D,3D,12D,13D. The Bertz CT molecular complexity index is 4610. The van der Waals surface area contributed by atoms with Crippen molar-refractivity contribution in [2.45, 2.75) is 0 Å². The Morgan fingerprint density at radius 3 is 1.49 bits per heavy atom. The van der Waals surface area contributed by atoms with Crippen molar-refractivity contribution in [2.75, 3.05) is 4.90 Å². The summed E-state index contributed by atoms with van der Waals surface area (Å²) < 4.78 is 50.9. The van der Waals surface area contributed by atoms with Crippen molar-refractivity contribution in [3.8, 4) is 55.6 Å². The summed E-state index contributed by atoms with van der Waals surface area (Å²) in [6, 6.07) is 79.5. The predicted molar refractivity (Wildman–Crippen MR) is 303 cm³/mol. The molecule has 0 radical (unpaired) electrons. The Kier molecular flexibility index (Phi) is 8.57. The number of benzene rings is 12. The van der Waals surface area contributed by atoms with Gasteiger partial charge in [0.25, 0.3) is 0 Å². The lowest BCUT2D eigenvalue weighted by Crippen LogP contribution is -2.09. The highest BCUT2D eigenvalue weighted by Gasteiger charge is 2.18. The number of para-hydroxylation sites is 1. The summed E-state index contributed by atoms with van der Waals surface area (Å²) in [5, 5.41) is 9.77. The molecule has 0 fully saturated rings. The Hall–Kier alpha value is -9.02. The van der Waals surface area contributed by atoms with E-state index in [4.69, 9.17) is 11.3 Å². The van der Waals surface area contributed by atoms with Crippen LogP contribution in [0.1, 0.15) is 6.85 Å². The maximum absolute atomic E-state index is 8.67. The quantitative estimate of drug-likeness (QED) is 0.151. The lowest BCUT2D eigenvalue weighted by Gasteiger charge is -2.26. The minimum Gasteiger partial charge on any atom is -0.456 e. The zero-order chi connectivity index (χ0) is 51.2. The number of thiophene rings is 1. The summed E-state index contributed by atoms with van der Waals surface area (Å²) >= 11 is 1.89. The summed E-state index contributed by atoms with van der Waals surface area (Å²) in [6.07, 6.45) is 0. The van der Waals surface area contributed by atoms with Gasteiger partial charge >= 0.3 is 0 Å². The van der Waals surface area contributed by atoms with E-state index in [2.05, 4.69) is 193 Å². The van der Waals surface area contributed by atoms with Crippen LogP contribution in [0.3, 0.4) is 0 Å². The monoisotopic (exact) mass is 926 g/mol. The number of hydrogen-bond acceptors (Lipinski definition) is 3. The Morgan fingerprint density at radius 2 is 0.803 bits per heavy atom. The smallest absolute Gasteiger partial charge is 0.135 e. The highest BCUT2D eigenvalue weighted by Crippen LogP contribution is 2.46. The number of nitrogens with zero attached hydrogens (tertiary/aromatic N) is 1. The van der Waals surface area contributed by atoms with Crippen LogP contribution in [0, 0.1) is 0 Å². The first-order chi connectivity index (χ1) is 37.2. The SMILES string of the molecule is [2H]c1c([2H])c([2H])c(-c2ccc(N(c3ccc(-c4cccc(-c5ccc6oc7ccccc7c6c5)c4)cc3)c3ccc(-c4cccc(-c5cc6c7ccc8ccccc8c7sc6c6ccccc56)c4)cc3)cc2)c([2H])c1[2H]. The number of fused-ring (bicyclic) bond motifs is 10. The Morgan fingerprint density at radius 1 is 0.310 bits per heavy atom. The van der Waals surface area contributed by atoms with Crippen LogP contribution in [0.25, 0.3) is 119 Å². The van der Waals surface area contributed by atoms with Gasteiger partial charge < -0.3 is 9.32 Å². The molecule has 14 rings (SSSR count). The van der Waals surface area contributed by atoms with Crippen LogP contribution >= 0.6 is 11.3 Å². The van der Waals surface area contributed by atoms with Crippen LogP contribution in [0.5, 0.6) is 0 Å². The predicted octanol–water partition coefficient (Wildman–Crippen LogP) is 20.1. The molecule has 0 unspecified atom stereocenters. The van der Waals surface area contributed by atoms with Gasteiger partial charge in [-0.2, -0.15) is 0 Å². The molecule has 0 bridgehead atoms. The highest BCUT2D eigenvalue weighted by molar-refractivity contribution is 7.27. The van der Waals surface area contributed by atoms with Gasteiger partial charge in [0.1, 0.15) is 11.2 Å². The second kappa shape index (κ2) is 16.9. The maximum Gasteiger partial charge on any atom is 0.135 e. The molecule has 3 heteroatoms. The van der Waals surface area contributed by atoms with Gasteiger partial charge in [-0.25, -0.2) is 0 Å². The molecule has 0 amide bonds. The molecule has 0 saturated heterocycles. The molecular weight excluding hydrogens is 879 g/mol. The van der Waals surface area contributed by atoms with Gasteiger partial charge in [-0.1, -0.05) is 188 Å². The van der Waals surface area contributed by atoms with Gasteiger partial charge in [0, 0.05) is 53.4 Å². The molecule has 0 N–H and O–H groups in total. The zero-order valence-corrected chi connectivity index (χ0v) is 39.0. The topological polar surface area (TPSA) is 16.4 Å². The van der Waals surface area contributed by atoms with E-state index in [1.165, 1.54) is 47.3 Å². The zero-order valence-electron chi connectivity index (χ0n) is 43.2. The normalized spacial score (nSPS) is 12.6. The number of furan rings is 1. The van der Waals surface area contributed by atoms with Crippen molar-refractivity contribution in [1.29, 1.82) is 0 Å². The van der Waals surface area contributed by atoms with E-state index in [1.54, 1.807) is 0 Å². The van der Waals surface area contributed by atoms with Crippen molar-refractivity contribution in [2.24, 2.45) is 0 Å². The van der Waals surface area contributed by atoms with Crippen LogP contribution in [-0.2, 0) is 0 Å². The molecule has 0 spiro atoms. The van der Waals surface area contributed by atoms with E-state index in [0.29, 0.717) is 5.56 Å². The van der Waals surface area contributed by atoms with Crippen molar-refractivity contribution < 1.29 is 11.3 Å². The molecule has 0 aliphatic carbocycles. The molecule has 2 nitrogen and oxygen atoms in total. The van der Waals surface area contributed by atoms with Crippen LogP contribution in [0.4, 0.5) is 17.1 Å². The second-order valence-electron chi connectivity index (χ2n) is 18.1. The molecule has 0 saturated carbocycles. The van der Waals surface area contributed by atoms with Gasteiger partial charge in [-0.05, 0) is 145 Å². The third kappa shape index (κ3) is 7.17. The Balaban J connectivity index is 0.828. The molecule has 14 aromatic rings. The third-order valence-corrected chi connectivity index (χ3v) is 15.2. The number of anilines is 3. The second-order valence-corrected chi connectivity index (χ2v) is 19.1. The molecular formula is C68H43NOS. The minimum atomic E-state index is -0.410. The summed E-state index contributed by atoms with van der Waals surface area (Å²) in [6.45, 7) is 0. The van der Waals surface area contributed by atoms with E-state index in [-0.39, 0.29) is 29.7 Å². The molecule has 2 heterocycles. The van der Waals surface area contributed by atoms with Crippen molar-refractivity contribution in [3.05, 3.63) is 261 Å². The lowest BCUT2D eigenvalue weighted by molar-refractivity contribution is 0.669. The summed E-state index contributed by atoms with van der Waals surface area (Å²) in [7, 11) is 0. The third-order valence-electron chi connectivity index (χ3n) is 13.9. The van der Waals surface area contributed by atoms with E-state index in [1.807, 2.05) is 53.8 Å². The minimum absolute atomic E-state index is 0.172. The van der Waals surface area contributed by atoms with Gasteiger partial charge in [-0.15, -0.1) is 11.3 Å². The fraction of sp³-hybridized carbons (Fsp3) is 0. The molecule has 332 valence electrons. The molecule has 0 atom stereocenters. The first-order valence-electron chi connectivity index (χ1n) is 26.3. The van der Waals surface area contributed by atoms with E-state index in [9.17, 15) is 0 Å². The molecule has 71 heavy (non-hydrogen) atoms. The lowest BCUT2D eigenvalue weighted by atomic mass is 9.93. The van der Waals surface area contributed by atoms with Crippen LogP contribution < -0.4 is 4.90 Å². The van der Waals surface area contributed by atoms with Gasteiger partial charge in [-0.3, -0.25) is 0 Å². The van der Waals surface area contributed by atoms with Crippen molar-refractivity contribution in [1.82, 2.24) is 0 Å².